The van der Waals surface area contributed by atoms with Gasteiger partial charge in [-0.05, 0) is 30.4 Å². The summed E-state index contributed by atoms with van der Waals surface area (Å²) in [6.45, 7) is 2.27. The Labute approximate surface area is 121 Å². The van der Waals surface area contributed by atoms with E-state index in [0.717, 1.165) is 11.8 Å². The molecule has 0 atom stereocenters. The van der Waals surface area contributed by atoms with Gasteiger partial charge in [0.1, 0.15) is 0 Å². The molecule has 0 bridgehead atoms. The highest BCUT2D eigenvalue weighted by Gasteiger charge is 2.00. The van der Waals surface area contributed by atoms with E-state index >= 15 is 0 Å². The van der Waals surface area contributed by atoms with Gasteiger partial charge in [0.25, 0.3) is 0 Å². The molecule has 1 aromatic rings. The predicted octanol–water partition coefficient (Wildman–Crippen LogP) is 6.22. The summed E-state index contributed by atoms with van der Waals surface area (Å²) in [6, 6.07) is 10.8. The average Bonchev–Trinajstić information content (AvgIpc) is 2.43. The second-order valence-corrected chi connectivity index (χ2v) is 5.53. The van der Waals surface area contributed by atoms with Crippen molar-refractivity contribution in [1.29, 1.82) is 0 Å². The van der Waals surface area contributed by atoms with Gasteiger partial charge in [0.2, 0.25) is 0 Å². The third kappa shape index (κ3) is 6.39. The van der Waals surface area contributed by atoms with Crippen molar-refractivity contribution in [3.8, 4) is 0 Å². The number of halogens is 1. The minimum Gasteiger partial charge on any atom is -0.0925 e. The maximum Gasteiger partial charge on any atom is 0.00661 e. The molecule has 1 aromatic carbocycles. The number of rotatable bonds is 9. The van der Waals surface area contributed by atoms with Gasteiger partial charge in [0, 0.05) is 5.33 Å². The zero-order valence-electron chi connectivity index (χ0n) is 11.5. The van der Waals surface area contributed by atoms with Crippen LogP contribution in [0.4, 0.5) is 0 Å². The summed E-state index contributed by atoms with van der Waals surface area (Å²) >= 11 is 3.51. The summed E-state index contributed by atoms with van der Waals surface area (Å²) < 4.78 is 0. The monoisotopic (exact) mass is 308 g/mol. The van der Waals surface area contributed by atoms with E-state index in [1.807, 2.05) is 0 Å². The molecule has 0 amide bonds. The average molecular weight is 309 g/mol. The van der Waals surface area contributed by atoms with Crippen molar-refractivity contribution in [2.24, 2.45) is 0 Å². The Morgan fingerprint density at radius 1 is 1.06 bits per heavy atom. The van der Waals surface area contributed by atoms with E-state index in [4.69, 9.17) is 0 Å². The van der Waals surface area contributed by atoms with Crippen LogP contribution >= 0.6 is 15.9 Å². The van der Waals surface area contributed by atoms with E-state index in [1.54, 1.807) is 0 Å². The van der Waals surface area contributed by atoms with Crippen LogP contribution in [0.2, 0.25) is 0 Å². The van der Waals surface area contributed by atoms with E-state index in [0.29, 0.717) is 0 Å². The molecule has 0 unspecified atom stereocenters. The highest BCUT2D eigenvalue weighted by molar-refractivity contribution is 9.09. The maximum absolute atomic E-state index is 3.51. The van der Waals surface area contributed by atoms with Crippen LogP contribution in [0.25, 0.3) is 5.57 Å². The lowest BCUT2D eigenvalue weighted by Gasteiger charge is -2.08. The summed E-state index contributed by atoms with van der Waals surface area (Å²) in [5.74, 6) is 0. The quantitative estimate of drug-likeness (QED) is 0.375. The highest BCUT2D eigenvalue weighted by Crippen LogP contribution is 2.22. The van der Waals surface area contributed by atoms with Gasteiger partial charge in [0.15, 0.2) is 0 Å². The Kier molecular flexibility index (Phi) is 8.93. The zero-order chi connectivity index (χ0) is 13.1. The summed E-state index contributed by atoms with van der Waals surface area (Å²) in [6.07, 6.45) is 11.5. The van der Waals surface area contributed by atoms with E-state index in [9.17, 15) is 0 Å². The first-order valence-corrected chi connectivity index (χ1v) is 8.31. The van der Waals surface area contributed by atoms with Crippen LogP contribution in [0.5, 0.6) is 0 Å². The van der Waals surface area contributed by atoms with Crippen molar-refractivity contribution < 1.29 is 0 Å². The number of allylic oxidation sites excluding steroid dienone is 2. The van der Waals surface area contributed by atoms with Gasteiger partial charge < -0.3 is 0 Å². The molecular formula is C17H25Br. The lowest BCUT2D eigenvalue weighted by Crippen LogP contribution is -1.87. The molecule has 100 valence electrons. The van der Waals surface area contributed by atoms with Gasteiger partial charge >= 0.3 is 0 Å². The Morgan fingerprint density at radius 3 is 2.44 bits per heavy atom. The van der Waals surface area contributed by atoms with Gasteiger partial charge in [-0.25, -0.2) is 0 Å². The van der Waals surface area contributed by atoms with Gasteiger partial charge in [-0.2, -0.15) is 0 Å². The smallest absolute Gasteiger partial charge is 0.00661 e. The largest absolute Gasteiger partial charge is 0.0925 e. The second-order valence-electron chi connectivity index (χ2n) is 4.74. The van der Waals surface area contributed by atoms with Crippen LogP contribution in [0, 0.1) is 0 Å². The van der Waals surface area contributed by atoms with Gasteiger partial charge in [0.05, 0.1) is 0 Å². The van der Waals surface area contributed by atoms with Crippen molar-refractivity contribution in [1.82, 2.24) is 0 Å². The van der Waals surface area contributed by atoms with Crippen LogP contribution in [-0.4, -0.2) is 5.33 Å². The predicted molar refractivity (Wildman–Crippen MR) is 86.2 cm³/mol. The number of unbranched alkanes of at least 4 members (excludes halogenated alkanes) is 4. The first-order valence-electron chi connectivity index (χ1n) is 7.19. The minimum absolute atomic E-state index is 1.05. The molecule has 0 saturated carbocycles. The number of hydrogen-bond donors (Lipinski definition) is 0. The van der Waals surface area contributed by atoms with Crippen molar-refractivity contribution in [2.75, 3.05) is 5.33 Å². The van der Waals surface area contributed by atoms with Gasteiger partial charge in [-0.15, -0.1) is 0 Å². The number of hydrogen-bond acceptors (Lipinski definition) is 0. The van der Waals surface area contributed by atoms with Crippen molar-refractivity contribution in [3.05, 3.63) is 42.0 Å². The maximum atomic E-state index is 3.51. The molecule has 0 N–H and O–H groups in total. The summed E-state index contributed by atoms with van der Waals surface area (Å²) in [5, 5.41) is 1.05. The molecule has 0 aliphatic carbocycles. The normalized spacial score (nSPS) is 11.8. The molecule has 18 heavy (non-hydrogen) atoms. The Hall–Kier alpha value is -0.560. The third-order valence-electron chi connectivity index (χ3n) is 3.19. The lowest BCUT2D eigenvalue weighted by molar-refractivity contribution is 0.640. The van der Waals surface area contributed by atoms with Crippen molar-refractivity contribution in [3.63, 3.8) is 0 Å². The molecule has 0 radical (unpaired) electrons. The fourth-order valence-electron chi connectivity index (χ4n) is 2.16. The molecule has 0 nitrogen and oxygen atoms in total. The van der Waals surface area contributed by atoms with Crippen molar-refractivity contribution >= 4 is 21.5 Å². The van der Waals surface area contributed by atoms with E-state index in [-0.39, 0.29) is 0 Å². The van der Waals surface area contributed by atoms with E-state index in [1.165, 1.54) is 49.7 Å². The molecule has 0 fully saturated rings. The molecule has 0 heterocycles. The first kappa shape index (κ1) is 15.5. The highest BCUT2D eigenvalue weighted by atomic mass is 79.9. The summed E-state index contributed by atoms with van der Waals surface area (Å²) in [7, 11) is 0. The zero-order valence-corrected chi connectivity index (χ0v) is 13.1. The number of alkyl halides is 1. The van der Waals surface area contributed by atoms with Crippen LogP contribution < -0.4 is 0 Å². The number of benzene rings is 1. The topological polar surface area (TPSA) is 0 Å². The Morgan fingerprint density at radius 2 is 1.78 bits per heavy atom. The Bertz CT molecular complexity index is 327. The van der Waals surface area contributed by atoms with Crippen LogP contribution in [0.15, 0.2) is 36.4 Å². The molecule has 1 heteroatoms. The molecule has 0 aromatic heterocycles. The molecular weight excluding hydrogens is 284 g/mol. The molecule has 0 aliphatic heterocycles. The molecule has 0 saturated heterocycles. The van der Waals surface area contributed by atoms with Crippen LogP contribution in [0.3, 0.4) is 0 Å². The second kappa shape index (κ2) is 10.4. The van der Waals surface area contributed by atoms with E-state index < -0.39 is 0 Å². The first-order chi connectivity index (χ1) is 8.88. The van der Waals surface area contributed by atoms with Gasteiger partial charge in [-0.3, -0.25) is 0 Å². The minimum atomic E-state index is 1.05. The fraction of sp³-hybridized carbons (Fsp3) is 0.529. The van der Waals surface area contributed by atoms with Crippen LogP contribution in [0.1, 0.15) is 57.4 Å². The fourth-order valence-corrected chi connectivity index (χ4v) is 2.39. The SMILES string of the molecule is CCCCCCC/C(=C/CCBr)c1ccccc1. The summed E-state index contributed by atoms with van der Waals surface area (Å²) in [4.78, 5) is 0. The third-order valence-corrected chi connectivity index (χ3v) is 3.65. The van der Waals surface area contributed by atoms with E-state index in [2.05, 4.69) is 59.3 Å². The van der Waals surface area contributed by atoms with Crippen LogP contribution in [-0.2, 0) is 0 Å². The lowest BCUT2D eigenvalue weighted by atomic mass is 9.98. The molecule has 1 rings (SSSR count). The van der Waals surface area contributed by atoms with Gasteiger partial charge in [-0.1, -0.05) is 84.9 Å². The summed E-state index contributed by atoms with van der Waals surface area (Å²) in [5.41, 5.74) is 2.92. The van der Waals surface area contributed by atoms with Crippen molar-refractivity contribution in [2.45, 2.75) is 51.9 Å². The standard InChI is InChI=1S/C17H25Br/c1-2-3-4-5-7-11-17(14-10-15-18)16-12-8-6-9-13-16/h6,8-9,12-14H,2-5,7,10-11,15H2,1H3/b17-14-. The Balaban J connectivity index is 2.47. The molecule has 0 spiro atoms. The molecule has 0 aliphatic rings.